The van der Waals surface area contributed by atoms with Crippen LogP contribution < -0.4 is 10.6 Å². The molecule has 23 heavy (non-hydrogen) atoms. The van der Waals surface area contributed by atoms with E-state index in [1.54, 1.807) is 0 Å². The van der Waals surface area contributed by atoms with Crippen LogP contribution in [0.3, 0.4) is 0 Å². The summed E-state index contributed by atoms with van der Waals surface area (Å²) in [6.45, 7) is 5.57. The molecule has 0 unspecified atom stereocenters. The minimum Gasteiger partial charge on any atom is -0.348 e. The molecule has 1 saturated heterocycles. The highest BCUT2D eigenvalue weighted by molar-refractivity contribution is 6.06. The molecular weight excluding hydrogens is 294 g/mol. The Labute approximate surface area is 136 Å². The third kappa shape index (κ3) is 4.31. The Morgan fingerprint density at radius 2 is 1.87 bits per heavy atom. The Kier molecular flexibility index (Phi) is 5.36. The molecule has 1 aliphatic rings. The predicted octanol–water partition coefficient (Wildman–Crippen LogP) is 1.83. The first-order chi connectivity index (χ1) is 10.9. The standard InChI is InChI=1S/C17H23N3O3/c1-11(2)9-14-16(22)20(17(23)19-14)10-15(21)18-12(3)13-7-5-4-6-8-13/h4-8,11-12,14H,9-10H2,1-3H3,(H,18,21)(H,19,23)/t12-,14+/m0/s1. The second-order valence-electron chi connectivity index (χ2n) is 6.26. The molecule has 6 nitrogen and oxygen atoms in total. The van der Waals surface area contributed by atoms with Gasteiger partial charge in [-0.05, 0) is 24.8 Å². The SMILES string of the molecule is CC(C)C[C@H]1NC(=O)N(CC(=O)N[C@@H](C)c2ccccc2)C1=O. The summed E-state index contributed by atoms with van der Waals surface area (Å²) in [5.74, 6) is -0.391. The Hall–Kier alpha value is -2.37. The van der Waals surface area contributed by atoms with Crippen molar-refractivity contribution in [2.75, 3.05) is 6.54 Å². The summed E-state index contributed by atoms with van der Waals surface area (Å²) in [4.78, 5) is 37.2. The van der Waals surface area contributed by atoms with Gasteiger partial charge in [-0.1, -0.05) is 44.2 Å². The van der Waals surface area contributed by atoms with Crippen molar-refractivity contribution in [3.05, 3.63) is 35.9 Å². The number of amides is 4. The molecule has 1 aromatic carbocycles. The number of nitrogens with zero attached hydrogens (tertiary/aromatic N) is 1. The van der Waals surface area contributed by atoms with Crippen molar-refractivity contribution in [1.29, 1.82) is 0 Å². The maximum Gasteiger partial charge on any atom is 0.325 e. The van der Waals surface area contributed by atoms with Gasteiger partial charge in [-0.2, -0.15) is 0 Å². The molecule has 2 rings (SSSR count). The lowest BCUT2D eigenvalue weighted by atomic mass is 10.0. The number of urea groups is 1. The van der Waals surface area contributed by atoms with Crippen molar-refractivity contribution in [3.8, 4) is 0 Å². The maximum atomic E-state index is 12.2. The molecule has 0 aromatic heterocycles. The maximum absolute atomic E-state index is 12.2. The largest absolute Gasteiger partial charge is 0.348 e. The van der Waals surface area contributed by atoms with Crippen LogP contribution in [0, 0.1) is 5.92 Å². The van der Waals surface area contributed by atoms with E-state index < -0.39 is 12.1 Å². The minimum absolute atomic E-state index is 0.184. The van der Waals surface area contributed by atoms with Crippen LogP contribution in [0.1, 0.15) is 38.8 Å². The lowest BCUT2D eigenvalue weighted by molar-refractivity contribution is -0.132. The van der Waals surface area contributed by atoms with Crippen molar-refractivity contribution < 1.29 is 14.4 Å². The van der Waals surface area contributed by atoms with Crippen LogP contribution >= 0.6 is 0 Å². The van der Waals surface area contributed by atoms with Crippen LogP contribution in [-0.2, 0) is 9.59 Å². The molecule has 0 saturated carbocycles. The van der Waals surface area contributed by atoms with Gasteiger partial charge in [-0.3, -0.25) is 14.5 Å². The van der Waals surface area contributed by atoms with Gasteiger partial charge in [-0.25, -0.2) is 4.79 Å². The molecule has 1 fully saturated rings. The Bertz CT molecular complexity index is 586. The van der Waals surface area contributed by atoms with E-state index in [4.69, 9.17) is 0 Å². The van der Waals surface area contributed by atoms with Gasteiger partial charge >= 0.3 is 6.03 Å². The van der Waals surface area contributed by atoms with Gasteiger partial charge in [0.25, 0.3) is 5.91 Å². The molecule has 6 heteroatoms. The van der Waals surface area contributed by atoms with Gasteiger partial charge in [0.2, 0.25) is 5.91 Å². The predicted molar refractivity (Wildman–Crippen MR) is 86.5 cm³/mol. The lowest BCUT2D eigenvalue weighted by Gasteiger charge is -2.17. The number of hydrogen-bond acceptors (Lipinski definition) is 3. The van der Waals surface area contributed by atoms with Crippen molar-refractivity contribution in [2.45, 2.75) is 39.3 Å². The lowest BCUT2D eigenvalue weighted by Crippen LogP contribution is -2.41. The van der Waals surface area contributed by atoms with E-state index in [1.165, 1.54) is 0 Å². The van der Waals surface area contributed by atoms with E-state index in [1.807, 2.05) is 51.1 Å². The third-order valence-corrected chi connectivity index (χ3v) is 3.79. The molecule has 0 radical (unpaired) electrons. The fourth-order valence-electron chi connectivity index (χ4n) is 2.61. The van der Waals surface area contributed by atoms with Gasteiger partial charge < -0.3 is 10.6 Å². The first kappa shape index (κ1) is 17.0. The number of carbonyl (C=O) groups excluding carboxylic acids is 3. The monoisotopic (exact) mass is 317 g/mol. The highest BCUT2D eigenvalue weighted by Gasteiger charge is 2.39. The number of imide groups is 1. The van der Waals surface area contributed by atoms with Crippen molar-refractivity contribution in [1.82, 2.24) is 15.5 Å². The van der Waals surface area contributed by atoms with E-state index >= 15 is 0 Å². The van der Waals surface area contributed by atoms with Gasteiger partial charge in [0.1, 0.15) is 12.6 Å². The van der Waals surface area contributed by atoms with Gasteiger partial charge in [-0.15, -0.1) is 0 Å². The minimum atomic E-state index is -0.526. The summed E-state index contributed by atoms with van der Waals surface area (Å²) in [6, 6.07) is 8.31. The van der Waals surface area contributed by atoms with Crippen LogP contribution in [0.4, 0.5) is 4.79 Å². The topological polar surface area (TPSA) is 78.5 Å². The second kappa shape index (κ2) is 7.26. The molecule has 0 bridgehead atoms. The van der Waals surface area contributed by atoms with E-state index in [-0.39, 0.29) is 30.3 Å². The quantitative estimate of drug-likeness (QED) is 0.786. The van der Waals surface area contributed by atoms with Gasteiger partial charge in [0.15, 0.2) is 0 Å². The average molecular weight is 317 g/mol. The highest BCUT2D eigenvalue weighted by Crippen LogP contribution is 2.15. The average Bonchev–Trinajstić information content (AvgIpc) is 2.75. The van der Waals surface area contributed by atoms with Crippen molar-refractivity contribution >= 4 is 17.8 Å². The normalized spacial score (nSPS) is 19.0. The van der Waals surface area contributed by atoms with Crippen molar-refractivity contribution in [3.63, 3.8) is 0 Å². The molecule has 2 atom stereocenters. The third-order valence-electron chi connectivity index (χ3n) is 3.79. The molecule has 1 aliphatic heterocycles. The summed E-state index contributed by atoms with van der Waals surface area (Å²) in [6.07, 6.45) is 0.573. The highest BCUT2D eigenvalue weighted by atomic mass is 16.2. The molecule has 1 aromatic rings. The van der Waals surface area contributed by atoms with Crippen LogP contribution in [0.5, 0.6) is 0 Å². The van der Waals surface area contributed by atoms with Crippen LogP contribution in [0.25, 0.3) is 0 Å². The summed E-state index contributed by atoms with van der Waals surface area (Å²) in [7, 11) is 0. The molecule has 1 heterocycles. The zero-order chi connectivity index (χ0) is 17.0. The van der Waals surface area contributed by atoms with Gasteiger partial charge in [0, 0.05) is 0 Å². The zero-order valence-electron chi connectivity index (χ0n) is 13.7. The van der Waals surface area contributed by atoms with Crippen LogP contribution in [0.15, 0.2) is 30.3 Å². The molecule has 4 amide bonds. The molecular formula is C17H23N3O3. The Morgan fingerprint density at radius 1 is 1.22 bits per heavy atom. The van der Waals surface area contributed by atoms with Crippen molar-refractivity contribution in [2.24, 2.45) is 5.92 Å². The molecule has 0 spiro atoms. The van der Waals surface area contributed by atoms with Gasteiger partial charge in [0.05, 0.1) is 6.04 Å². The number of nitrogens with one attached hydrogen (secondary N) is 2. The second-order valence-corrected chi connectivity index (χ2v) is 6.26. The fraction of sp³-hybridized carbons (Fsp3) is 0.471. The summed E-state index contributed by atoms with van der Waals surface area (Å²) in [5, 5.41) is 5.44. The molecule has 124 valence electrons. The number of benzene rings is 1. The first-order valence-corrected chi connectivity index (χ1v) is 7.84. The number of rotatable bonds is 6. The van der Waals surface area contributed by atoms with E-state index in [0.717, 1.165) is 10.5 Å². The number of hydrogen-bond donors (Lipinski definition) is 2. The van der Waals surface area contributed by atoms with Crippen LogP contribution in [-0.4, -0.2) is 35.3 Å². The summed E-state index contributed by atoms with van der Waals surface area (Å²) >= 11 is 0. The Morgan fingerprint density at radius 3 is 2.48 bits per heavy atom. The number of carbonyl (C=O) groups is 3. The fourth-order valence-corrected chi connectivity index (χ4v) is 2.61. The van der Waals surface area contributed by atoms with Crippen LogP contribution in [0.2, 0.25) is 0 Å². The zero-order valence-corrected chi connectivity index (χ0v) is 13.7. The Balaban J connectivity index is 1.92. The van der Waals surface area contributed by atoms with E-state index in [9.17, 15) is 14.4 Å². The summed E-state index contributed by atoms with van der Waals surface area (Å²) < 4.78 is 0. The van der Waals surface area contributed by atoms with E-state index in [2.05, 4.69) is 10.6 Å². The van der Waals surface area contributed by atoms with E-state index in [0.29, 0.717) is 6.42 Å². The summed E-state index contributed by atoms with van der Waals surface area (Å²) in [5.41, 5.74) is 0.968. The smallest absolute Gasteiger partial charge is 0.325 e. The molecule has 0 aliphatic carbocycles. The molecule has 2 N–H and O–H groups in total. The first-order valence-electron chi connectivity index (χ1n) is 7.84.